The molecule has 2 aromatic carbocycles. The molecule has 0 aromatic heterocycles. The van der Waals surface area contributed by atoms with Crippen LogP contribution in [-0.4, -0.2) is 32.6 Å². The Morgan fingerprint density at radius 3 is 2.52 bits per heavy atom. The molecule has 1 unspecified atom stereocenters. The fourth-order valence-electron chi connectivity index (χ4n) is 2.46. The van der Waals surface area contributed by atoms with Crippen molar-refractivity contribution in [2.45, 2.75) is 31.2 Å². The van der Waals surface area contributed by atoms with Crippen molar-refractivity contribution in [2.75, 3.05) is 13.2 Å². The SMILES string of the molecule is CCOc1ccc(S(=O)(=O)NCCC(=O)NC(C)c2cccc(O)c2)cc1. The highest BCUT2D eigenvalue weighted by atomic mass is 32.2. The molecule has 0 aliphatic heterocycles. The summed E-state index contributed by atoms with van der Waals surface area (Å²) in [7, 11) is -3.69. The number of ether oxygens (including phenoxy) is 1. The summed E-state index contributed by atoms with van der Waals surface area (Å²) in [6.45, 7) is 4.12. The van der Waals surface area contributed by atoms with Crippen molar-refractivity contribution in [1.82, 2.24) is 10.0 Å². The van der Waals surface area contributed by atoms with Gasteiger partial charge in [-0.2, -0.15) is 0 Å². The zero-order valence-electron chi connectivity index (χ0n) is 15.3. The maximum absolute atomic E-state index is 12.3. The maximum Gasteiger partial charge on any atom is 0.240 e. The lowest BCUT2D eigenvalue weighted by Gasteiger charge is -2.15. The average molecular weight is 392 g/mol. The Labute approximate surface area is 159 Å². The Kier molecular flexibility index (Phi) is 7.20. The highest BCUT2D eigenvalue weighted by molar-refractivity contribution is 7.89. The molecule has 8 heteroatoms. The lowest BCUT2D eigenvalue weighted by atomic mass is 10.1. The molecule has 2 rings (SSSR count). The lowest BCUT2D eigenvalue weighted by Crippen LogP contribution is -2.32. The number of carbonyl (C=O) groups is 1. The minimum Gasteiger partial charge on any atom is -0.508 e. The van der Waals surface area contributed by atoms with Gasteiger partial charge < -0.3 is 15.2 Å². The van der Waals surface area contributed by atoms with Gasteiger partial charge in [0.2, 0.25) is 15.9 Å². The monoisotopic (exact) mass is 392 g/mol. The largest absolute Gasteiger partial charge is 0.508 e. The first kappa shape index (κ1) is 20.7. The Bertz CT molecular complexity index is 866. The quantitative estimate of drug-likeness (QED) is 0.608. The van der Waals surface area contributed by atoms with E-state index < -0.39 is 10.0 Å². The Hall–Kier alpha value is -2.58. The zero-order valence-corrected chi connectivity index (χ0v) is 16.1. The second-order valence-corrected chi connectivity index (χ2v) is 7.70. The van der Waals surface area contributed by atoms with Crippen molar-refractivity contribution >= 4 is 15.9 Å². The van der Waals surface area contributed by atoms with Crippen LogP contribution >= 0.6 is 0 Å². The van der Waals surface area contributed by atoms with Gasteiger partial charge in [-0.1, -0.05) is 12.1 Å². The van der Waals surface area contributed by atoms with Crippen molar-refractivity contribution < 1.29 is 23.1 Å². The fraction of sp³-hybridized carbons (Fsp3) is 0.316. The number of phenols is 1. The van der Waals surface area contributed by atoms with Crippen LogP contribution in [0.5, 0.6) is 11.5 Å². The molecule has 0 spiro atoms. The number of benzene rings is 2. The van der Waals surface area contributed by atoms with E-state index in [4.69, 9.17) is 4.74 Å². The first-order valence-electron chi connectivity index (χ1n) is 8.62. The first-order chi connectivity index (χ1) is 12.8. The van der Waals surface area contributed by atoms with Crippen LogP contribution in [0.15, 0.2) is 53.4 Å². The second-order valence-electron chi connectivity index (χ2n) is 5.94. The molecule has 27 heavy (non-hydrogen) atoms. The molecule has 0 heterocycles. The molecule has 3 N–H and O–H groups in total. The van der Waals surface area contributed by atoms with E-state index in [2.05, 4.69) is 10.0 Å². The van der Waals surface area contributed by atoms with Gasteiger partial charge >= 0.3 is 0 Å². The van der Waals surface area contributed by atoms with Crippen molar-refractivity contribution in [2.24, 2.45) is 0 Å². The molecule has 0 fully saturated rings. The Balaban J connectivity index is 1.84. The number of aromatic hydroxyl groups is 1. The van der Waals surface area contributed by atoms with E-state index in [0.717, 1.165) is 5.56 Å². The summed E-state index contributed by atoms with van der Waals surface area (Å²) in [5.74, 6) is 0.425. The molecule has 146 valence electrons. The predicted octanol–water partition coefficient (Wildman–Crippen LogP) is 2.34. The smallest absolute Gasteiger partial charge is 0.240 e. The molecule has 0 radical (unpaired) electrons. The summed E-state index contributed by atoms with van der Waals surface area (Å²) in [4.78, 5) is 12.1. The molecule has 0 saturated heterocycles. The fourth-order valence-corrected chi connectivity index (χ4v) is 3.49. The Morgan fingerprint density at radius 1 is 1.19 bits per heavy atom. The van der Waals surface area contributed by atoms with Crippen molar-refractivity contribution in [3.63, 3.8) is 0 Å². The summed E-state index contributed by atoms with van der Waals surface area (Å²) in [5.41, 5.74) is 0.762. The van der Waals surface area contributed by atoms with E-state index in [-0.39, 0.29) is 35.6 Å². The molecule has 0 saturated carbocycles. The third-order valence-electron chi connectivity index (χ3n) is 3.84. The molecule has 1 atom stereocenters. The number of nitrogens with one attached hydrogen (secondary N) is 2. The second kappa shape index (κ2) is 9.38. The number of phenolic OH excluding ortho intramolecular Hbond substituents is 1. The minimum absolute atomic E-state index is 0.000580. The summed E-state index contributed by atoms with van der Waals surface area (Å²) in [6, 6.07) is 12.4. The van der Waals surface area contributed by atoms with Crippen LogP contribution in [0.25, 0.3) is 0 Å². The third-order valence-corrected chi connectivity index (χ3v) is 5.31. The van der Waals surface area contributed by atoms with Gasteiger partial charge in [-0.15, -0.1) is 0 Å². The van der Waals surface area contributed by atoms with Gasteiger partial charge in [0.15, 0.2) is 0 Å². The molecule has 0 aliphatic rings. The molecule has 7 nitrogen and oxygen atoms in total. The average Bonchev–Trinajstić information content (AvgIpc) is 2.62. The third kappa shape index (κ3) is 6.26. The standard InChI is InChI=1S/C19H24N2O5S/c1-3-26-17-7-9-18(10-8-17)27(24,25)20-12-11-19(23)21-14(2)15-5-4-6-16(22)13-15/h4-10,13-14,20,22H,3,11-12H2,1-2H3,(H,21,23). The summed E-state index contributed by atoms with van der Waals surface area (Å²) < 4.78 is 32.2. The van der Waals surface area contributed by atoms with Crippen LogP contribution in [0.3, 0.4) is 0 Å². The van der Waals surface area contributed by atoms with Crippen LogP contribution in [-0.2, 0) is 14.8 Å². The highest BCUT2D eigenvalue weighted by Gasteiger charge is 2.15. The van der Waals surface area contributed by atoms with Gasteiger partial charge in [0.05, 0.1) is 17.5 Å². The van der Waals surface area contributed by atoms with Crippen LogP contribution in [0.2, 0.25) is 0 Å². The van der Waals surface area contributed by atoms with Gasteiger partial charge in [-0.3, -0.25) is 4.79 Å². The number of sulfonamides is 1. The van der Waals surface area contributed by atoms with Crippen molar-refractivity contribution in [3.05, 3.63) is 54.1 Å². The van der Waals surface area contributed by atoms with Crippen LogP contribution < -0.4 is 14.8 Å². The van der Waals surface area contributed by atoms with Crippen LogP contribution in [0.4, 0.5) is 0 Å². The van der Waals surface area contributed by atoms with E-state index in [9.17, 15) is 18.3 Å². The van der Waals surface area contributed by atoms with Crippen molar-refractivity contribution in [3.8, 4) is 11.5 Å². The van der Waals surface area contributed by atoms with Crippen molar-refractivity contribution in [1.29, 1.82) is 0 Å². The van der Waals surface area contributed by atoms with Gasteiger partial charge in [0.1, 0.15) is 11.5 Å². The van der Waals surface area contributed by atoms with Crippen LogP contribution in [0, 0.1) is 0 Å². The molecule has 0 bridgehead atoms. The van der Waals surface area contributed by atoms with E-state index >= 15 is 0 Å². The predicted molar refractivity (Wildman–Crippen MR) is 102 cm³/mol. The summed E-state index contributed by atoms with van der Waals surface area (Å²) in [5, 5.41) is 12.3. The normalized spacial score (nSPS) is 12.4. The molecule has 1 amide bonds. The highest BCUT2D eigenvalue weighted by Crippen LogP contribution is 2.18. The number of hydrogen-bond donors (Lipinski definition) is 3. The van der Waals surface area contributed by atoms with E-state index in [1.807, 2.05) is 6.92 Å². The molecule has 2 aromatic rings. The molecular weight excluding hydrogens is 368 g/mol. The van der Waals surface area contributed by atoms with E-state index in [1.54, 1.807) is 43.3 Å². The Morgan fingerprint density at radius 2 is 1.89 bits per heavy atom. The van der Waals surface area contributed by atoms with Crippen LogP contribution in [0.1, 0.15) is 31.9 Å². The van der Waals surface area contributed by atoms with Gasteiger partial charge in [-0.05, 0) is 55.8 Å². The molecular formula is C19H24N2O5S. The maximum atomic E-state index is 12.3. The lowest BCUT2D eigenvalue weighted by molar-refractivity contribution is -0.121. The van der Waals surface area contributed by atoms with Gasteiger partial charge in [0, 0.05) is 13.0 Å². The summed E-state index contributed by atoms with van der Waals surface area (Å²) in [6.07, 6.45) is -0.000580. The van der Waals surface area contributed by atoms with E-state index in [0.29, 0.717) is 12.4 Å². The topological polar surface area (TPSA) is 105 Å². The zero-order chi connectivity index (χ0) is 19.9. The number of amides is 1. The first-order valence-corrected chi connectivity index (χ1v) is 10.1. The number of rotatable bonds is 9. The minimum atomic E-state index is -3.69. The summed E-state index contributed by atoms with van der Waals surface area (Å²) >= 11 is 0. The molecule has 0 aliphatic carbocycles. The van der Waals surface area contributed by atoms with Gasteiger partial charge in [-0.25, -0.2) is 13.1 Å². The number of hydrogen-bond acceptors (Lipinski definition) is 5. The van der Waals surface area contributed by atoms with E-state index in [1.165, 1.54) is 12.1 Å². The number of carbonyl (C=O) groups excluding carboxylic acids is 1. The van der Waals surface area contributed by atoms with Gasteiger partial charge in [0.25, 0.3) is 0 Å².